The zero-order valence-corrected chi connectivity index (χ0v) is 10.8. The molecule has 1 nitrogen and oxygen atoms in total. The van der Waals surface area contributed by atoms with E-state index in [0.717, 1.165) is 21.7 Å². The molecule has 0 N–H and O–H groups in total. The lowest BCUT2D eigenvalue weighted by Crippen LogP contribution is -1.96. The van der Waals surface area contributed by atoms with E-state index in [4.69, 9.17) is 0 Å². The minimum absolute atomic E-state index is 0.0597. The summed E-state index contributed by atoms with van der Waals surface area (Å²) in [6.45, 7) is 1.86. The average Bonchev–Trinajstić information content (AvgIpc) is 2.46. The molecule has 0 heterocycles. The third kappa shape index (κ3) is 1.93. The molecule has 0 atom stereocenters. The fraction of sp³-hybridized carbons (Fsp3) is 0.0556. The Labute approximate surface area is 112 Å². The maximum atomic E-state index is 12.2. The summed E-state index contributed by atoms with van der Waals surface area (Å²) in [5, 5.41) is 4.45. The third-order valence-corrected chi connectivity index (χ3v) is 3.35. The molecule has 0 aromatic heterocycles. The van der Waals surface area contributed by atoms with Crippen LogP contribution in [0.2, 0.25) is 0 Å². The van der Waals surface area contributed by atoms with Gasteiger partial charge < -0.3 is 0 Å². The molecule has 92 valence electrons. The van der Waals surface area contributed by atoms with Crippen LogP contribution in [0.15, 0.2) is 66.7 Å². The fourth-order valence-corrected chi connectivity index (χ4v) is 2.50. The molecule has 0 bridgehead atoms. The van der Waals surface area contributed by atoms with Gasteiger partial charge in [-0.1, -0.05) is 54.6 Å². The van der Waals surface area contributed by atoms with Gasteiger partial charge in [0.1, 0.15) is 0 Å². The minimum Gasteiger partial charge on any atom is -0.289 e. The highest BCUT2D eigenvalue weighted by Crippen LogP contribution is 2.29. The second-order valence-electron chi connectivity index (χ2n) is 4.56. The van der Waals surface area contributed by atoms with E-state index in [9.17, 15) is 4.79 Å². The summed E-state index contributed by atoms with van der Waals surface area (Å²) >= 11 is 0. The predicted octanol–water partition coefficient (Wildman–Crippen LogP) is 4.75. The van der Waals surface area contributed by atoms with Crippen LogP contribution in [0.5, 0.6) is 0 Å². The van der Waals surface area contributed by atoms with E-state index in [1.165, 1.54) is 5.39 Å². The SMILES string of the molecule is CC=CC(=O)c1cc2ccccc2c2ccccc12. The van der Waals surface area contributed by atoms with Crippen molar-refractivity contribution in [3.05, 3.63) is 72.3 Å². The molecule has 0 saturated carbocycles. The van der Waals surface area contributed by atoms with Gasteiger partial charge >= 0.3 is 0 Å². The van der Waals surface area contributed by atoms with Crippen molar-refractivity contribution in [2.24, 2.45) is 0 Å². The molecule has 3 aromatic rings. The molecule has 3 rings (SSSR count). The third-order valence-electron chi connectivity index (χ3n) is 3.35. The highest BCUT2D eigenvalue weighted by Gasteiger charge is 2.10. The molecule has 3 aromatic carbocycles. The lowest BCUT2D eigenvalue weighted by molar-refractivity contribution is 0.104. The zero-order valence-electron chi connectivity index (χ0n) is 10.8. The van der Waals surface area contributed by atoms with Crippen molar-refractivity contribution < 1.29 is 4.79 Å². The topological polar surface area (TPSA) is 17.1 Å². The first-order chi connectivity index (χ1) is 9.31. The quantitative estimate of drug-likeness (QED) is 0.362. The Kier molecular flexibility index (Phi) is 2.88. The fourth-order valence-electron chi connectivity index (χ4n) is 2.50. The largest absolute Gasteiger partial charge is 0.289 e. The van der Waals surface area contributed by atoms with Gasteiger partial charge in [-0.25, -0.2) is 0 Å². The zero-order chi connectivity index (χ0) is 13.2. The van der Waals surface area contributed by atoms with Crippen molar-refractivity contribution in [2.45, 2.75) is 6.92 Å². The monoisotopic (exact) mass is 246 g/mol. The molecule has 0 radical (unpaired) electrons. The Morgan fingerprint density at radius 3 is 2.26 bits per heavy atom. The van der Waals surface area contributed by atoms with Crippen LogP contribution in [-0.2, 0) is 0 Å². The first kappa shape index (κ1) is 11.7. The van der Waals surface area contributed by atoms with Gasteiger partial charge in [-0.05, 0) is 40.6 Å². The number of carbonyl (C=O) groups is 1. The van der Waals surface area contributed by atoms with E-state index in [1.54, 1.807) is 12.2 Å². The number of benzene rings is 3. The predicted molar refractivity (Wildman–Crippen MR) is 80.6 cm³/mol. The van der Waals surface area contributed by atoms with Crippen LogP contribution in [0.1, 0.15) is 17.3 Å². The second-order valence-corrected chi connectivity index (χ2v) is 4.56. The molecule has 19 heavy (non-hydrogen) atoms. The molecular formula is C18H14O. The van der Waals surface area contributed by atoms with Crippen LogP contribution in [0.25, 0.3) is 21.5 Å². The summed E-state index contributed by atoms with van der Waals surface area (Å²) < 4.78 is 0. The second kappa shape index (κ2) is 4.69. The van der Waals surface area contributed by atoms with Crippen molar-refractivity contribution in [2.75, 3.05) is 0 Å². The summed E-state index contributed by atoms with van der Waals surface area (Å²) in [6.07, 6.45) is 3.41. The number of fused-ring (bicyclic) bond motifs is 3. The number of hydrogen-bond donors (Lipinski definition) is 0. The van der Waals surface area contributed by atoms with Gasteiger partial charge in [0.2, 0.25) is 0 Å². The number of rotatable bonds is 2. The number of allylic oxidation sites excluding steroid dienone is 2. The van der Waals surface area contributed by atoms with Crippen molar-refractivity contribution in [1.82, 2.24) is 0 Å². The molecule has 0 aliphatic rings. The van der Waals surface area contributed by atoms with Gasteiger partial charge in [0, 0.05) is 5.56 Å². The van der Waals surface area contributed by atoms with Gasteiger partial charge in [-0.15, -0.1) is 0 Å². The van der Waals surface area contributed by atoms with E-state index < -0.39 is 0 Å². The van der Waals surface area contributed by atoms with Crippen LogP contribution in [0, 0.1) is 0 Å². The Morgan fingerprint density at radius 2 is 1.53 bits per heavy atom. The van der Waals surface area contributed by atoms with Gasteiger partial charge in [0.15, 0.2) is 5.78 Å². The van der Waals surface area contributed by atoms with Gasteiger partial charge in [0.25, 0.3) is 0 Å². The first-order valence-corrected chi connectivity index (χ1v) is 6.39. The van der Waals surface area contributed by atoms with E-state index in [2.05, 4.69) is 12.1 Å². The van der Waals surface area contributed by atoms with Gasteiger partial charge in [0.05, 0.1) is 0 Å². The molecule has 1 heteroatoms. The molecular weight excluding hydrogens is 232 g/mol. The minimum atomic E-state index is 0.0597. The molecule has 0 fully saturated rings. The van der Waals surface area contributed by atoms with Gasteiger partial charge in [-0.3, -0.25) is 4.79 Å². The van der Waals surface area contributed by atoms with E-state index in [-0.39, 0.29) is 5.78 Å². The summed E-state index contributed by atoms with van der Waals surface area (Å²) in [6, 6.07) is 18.2. The average molecular weight is 246 g/mol. The number of hydrogen-bond acceptors (Lipinski definition) is 1. The molecule has 0 spiro atoms. The molecule has 0 unspecified atom stereocenters. The normalized spacial score (nSPS) is 11.4. The van der Waals surface area contributed by atoms with Crippen molar-refractivity contribution in [3.63, 3.8) is 0 Å². The Hall–Kier alpha value is -2.41. The summed E-state index contributed by atoms with van der Waals surface area (Å²) in [7, 11) is 0. The van der Waals surface area contributed by atoms with Crippen molar-refractivity contribution in [1.29, 1.82) is 0 Å². The van der Waals surface area contributed by atoms with Crippen molar-refractivity contribution >= 4 is 27.3 Å². The number of ketones is 1. The highest BCUT2D eigenvalue weighted by molar-refractivity contribution is 6.20. The Balaban J connectivity index is 2.45. The molecule has 0 aliphatic carbocycles. The van der Waals surface area contributed by atoms with Crippen molar-refractivity contribution in [3.8, 4) is 0 Å². The van der Waals surface area contributed by atoms with Crippen LogP contribution < -0.4 is 0 Å². The molecule has 0 aliphatic heterocycles. The van der Waals surface area contributed by atoms with Crippen LogP contribution >= 0.6 is 0 Å². The maximum Gasteiger partial charge on any atom is 0.186 e. The van der Waals surface area contributed by atoms with Gasteiger partial charge in [-0.2, -0.15) is 0 Å². The standard InChI is InChI=1S/C18H14O/c1-2-7-18(19)17-12-13-8-3-4-9-14(13)15-10-5-6-11-16(15)17/h2-12H,1H3. The van der Waals surface area contributed by atoms with Crippen LogP contribution in [0.4, 0.5) is 0 Å². The summed E-state index contributed by atoms with van der Waals surface area (Å²) in [5.74, 6) is 0.0597. The number of carbonyl (C=O) groups excluding carboxylic acids is 1. The van der Waals surface area contributed by atoms with E-state index in [0.29, 0.717) is 0 Å². The smallest absolute Gasteiger partial charge is 0.186 e. The summed E-state index contributed by atoms with van der Waals surface area (Å²) in [4.78, 5) is 12.2. The molecule has 0 amide bonds. The Morgan fingerprint density at radius 1 is 0.895 bits per heavy atom. The lowest BCUT2D eigenvalue weighted by Gasteiger charge is -2.08. The highest BCUT2D eigenvalue weighted by atomic mass is 16.1. The lowest BCUT2D eigenvalue weighted by atomic mass is 9.95. The Bertz CT molecular complexity index is 797. The van der Waals surface area contributed by atoms with E-state index in [1.807, 2.05) is 49.4 Å². The van der Waals surface area contributed by atoms with E-state index >= 15 is 0 Å². The molecule has 0 saturated heterocycles. The summed E-state index contributed by atoms with van der Waals surface area (Å²) in [5.41, 5.74) is 0.771. The van der Waals surface area contributed by atoms with Crippen LogP contribution in [-0.4, -0.2) is 5.78 Å². The first-order valence-electron chi connectivity index (χ1n) is 6.39. The maximum absolute atomic E-state index is 12.2. The van der Waals surface area contributed by atoms with Crippen LogP contribution in [0.3, 0.4) is 0 Å².